The van der Waals surface area contributed by atoms with E-state index in [0.29, 0.717) is 22.0 Å². The summed E-state index contributed by atoms with van der Waals surface area (Å²) in [6, 6.07) is 13.9. The van der Waals surface area contributed by atoms with Gasteiger partial charge in [0.1, 0.15) is 11.7 Å². The quantitative estimate of drug-likeness (QED) is 0.392. The molecule has 118 valence electrons. The monoisotopic (exact) mass is 319 g/mol. The van der Waals surface area contributed by atoms with Crippen LogP contribution in [-0.4, -0.2) is 22.2 Å². The molecule has 0 spiro atoms. The summed E-state index contributed by atoms with van der Waals surface area (Å²) in [7, 11) is 0. The number of aromatic nitrogens is 1. The number of Topliss-reactive ketones (excluding diaryl/α,β-unsaturated/α-hetero) is 1. The molecule has 5 nitrogen and oxygen atoms in total. The Morgan fingerprint density at radius 3 is 2.54 bits per heavy atom. The first kappa shape index (κ1) is 14.4. The highest BCUT2D eigenvalue weighted by Gasteiger charge is 2.39. The SMILES string of the molecule is CC(=O)n1cc(C2C(=O)Oc3ccccc3C2=O)c2ccccc21. The van der Waals surface area contributed by atoms with Crippen molar-refractivity contribution in [3.05, 3.63) is 65.9 Å². The molecular weight excluding hydrogens is 306 g/mol. The largest absolute Gasteiger partial charge is 0.425 e. The number of hydrogen-bond donors (Lipinski definition) is 0. The molecule has 1 unspecified atom stereocenters. The van der Waals surface area contributed by atoms with Crippen molar-refractivity contribution in [2.24, 2.45) is 0 Å². The number of carbonyl (C=O) groups is 3. The van der Waals surface area contributed by atoms with E-state index in [2.05, 4.69) is 0 Å². The maximum Gasteiger partial charge on any atom is 0.326 e. The Hall–Kier alpha value is -3.21. The molecule has 0 saturated heterocycles. The van der Waals surface area contributed by atoms with Crippen molar-refractivity contribution in [2.45, 2.75) is 12.8 Å². The molecule has 0 N–H and O–H groups in total. The van der Waals surface area contributed by atoms with Gasteiger partial charge in [0.25, 0.3) is 0 Å². The van der Waals surface area contributed by atoms with Crippen molar-refractivity contribution < 1.29 is 19.1 Å². The maximum atomic E-state index is 12.9. The van der Waals surface area contributed by atoms with E-state index < -0.39 is 11.9 Å². The molecule has 0 aliphatic carbocycles. The Morgan fingerprint density at radius 2 is 1.75 bits per heavy atom. The average Bonchev–Trinajstić information content (AvgIpc) is 2.95. The fraction of sp³-hybridized carbons (Fsp3) is 0.105. The van der Waals surface area contributed by atoms with Crippen LogP contribution in [0.3, 0.4) is 0 Å². The molecule has 2 aromatic carbocycles. The van der Waals surface area contributed by atoms with Crippen LogP contribution >= 0.6 is 0 Å². The minimum atomic E-state index is -1.06. The Morgan fingerprint density at radius 1 is 1.04 bits per heavy atom. The van der Waals surface area contributed by atoms with Crippen molar-refractivity contribution in [3.8, 4) is 5.75 Å². The number of fused-ring (bicyclic) bond motifs is 2. The average molecular weight is 319 g/mol. The molecule has 5 heteroatoms. The van der Waals surface area contributed by atoms with Crippen molar-refractivity contribution in [1.82, 2.24) is 4.57 Å². The minimum absolute atomic E-state index is 0.186. The molecule has 0 saturated carbocycles. The Bertz CT molecular complexity index is 1020. The van der Waals surface area contributed by atoms with Gasteiger partial charge in [-0.2, -0.15) is 0 Å². The number of esters is 1. The van der Waals surface area contributed by atoms with E-state index in [1.54, 1.807) is 42.6 Å². The zero-order chi connectivity index (χ0) is 16.8. The van der Waals surface area contributed by atoms with Crippen LogP contribution in [0.15, 0.2) is 54.7 Å². The van der Waals surface area contributed by atoms with Gasteiger partial charge in [-0.25, -0.2) is 0 Å². The standard InChI is InChI=1S/C19H13NO4/c1-11(21)20-10-14(12-6-2-4-8-15(12)20)17-18(22)13-7-3-5-9-16(13)24-19(17)23/h2-10,17H,1H3. The summed E-state index contributed by atoms with van der Waals surface area (Å²) in [4.78, 5) is 37.2. The Kier molecular flexibility index (Phi) is 3.09. The van der Waals surface area contributed by atoms with Gasteiger partial charge in [0.2, 0.25) is 5.91 Å². The fourth-order valence-electron chi connectivity index (χ4n) is 3.15. The second kappa shape index (κ2) is 5.16. The number of hydrogen-bond acceptors (Lipinski definition) is 4. The maximum absolute atomic E-state index is 12.9. The first-order valence-corrected chi connectivity index (χ1v) is 7.54. The molecule has 3 aromatic rings. The van der Waals surface area contributed by atoms with E-state index >= 15 is 0 Å². The number of carbonyl (C=O) groups excluding carboxylic acids is 3. The van der Waals surface area contributed by atoms with E-state index in [1.165, 1.54) is 11.5 Å². The molecule has 4 rings (SSSR count). The van der Waals surface area contributed by atoms with E-state index in [9.17, 15) is 14.4 Å². The summed E-state index contributed by atoms with van der Waals surface area (Å²) in [6.45, 7) is 1.44. The van der Waals surface area contributed by atoms with Gasteiger partial charge in [0, 0.05) is 24.1 Å². The van der Waals surface area contributed by atoms with Gasteiger partial charge in [0.15, 0.2) is 5.78 Å². The number of para-hydroxylation sites is 2. The lowest BCUT2D eigenvalue weighted by atomic mass is 9.88. The molecule has 1 aliphatic heterocycles. The second-order valence-electron chi connectivity index (χ2n) is 5.71. The van der Waals surface area contributed by atoms with E-state index in [0.717, 1.165) is 0 Å². The van der Waals surface area contributed by atoms with E-state index in [1.807, 2.05) is 12.1 Å². The summed E-state index contributed by atoms with van der Waals surface area (Å²) >= 11 is 0. The first-order valence-electron chi connectivity index (χ1n) is 7.54. The first-order chi connectivity index (χ1) is 11.6. The smallest absolute Gasteiger partial charge is 0.326 e. The number of nitrogens with zero attached hydrogens (tertiary/aromatic N) is 1. The zero-order valence-electron chi connectivity index (χ0n) is 12.9. The highest BCUT2D eigenvalue weighted by atomic mass is 16.5. The van der Waals surface area contributed by atoms with Gasteiger partial charge in [-0.05, 0) is 18.2 Å². The molecule has 2 heterocycles. The van der Waals surface area contributed by atoms with Gasteiger partial charge in [-0.1, -0.05) is 30.3 Å². The lowest BCUT2D eigenvalue weighted by Crippen LogP contribution is -2.31. The van der Waals surface area contributed by atoms with Gasteiger partial charge in [-0.3, -0.25) is 19.0 Å². The second-order valence-corrected chi connectivity index (χ2v) is 5.71. The molecule has 1 aromatic heterocycles. The predicted molar refractivity (Wildman–Crippen MR) is 87.4 cm³/mol. The number of benzene rings is 2. The van der Waals surface area contributed by atoms with Crippen LogP contribution < -0.4 is 4.74 Å². The fourth-order valence-corrected chi connectivity index (χ4v) is 3.15. The molecule has 1 aliphatic rings. The summed E-state index contributed by atoms with van der Waals surface area (Å²) in [6.07, 6.45) is 1.56. The molecule has 1 atom stereocenters. The van der Waals surface area contributed by atoms with Crippen LogP contribution in [0.25, 0.3) is 10.9 Å². The van der Waals surface area contributed by atoms with Gasteiger partial charge in [-0.15, -0.1) is 0 Å². The van der Waals surface area contributed by atoms with Gasteiger partial charge < -0.3 is 4.74 Å². The molecular formula is C19H13NO4. The molecule has 24 heavy (non-hydrogen) atoms. The summed E-state index contributed by atoms with van der Waals surface area (Å²) in [5.41, 5.74) is 1.53. The molecule has 0 radical (unpaired) electrons. The number of rotatable bonds is 1. The third kappa shape index (κ3) is 1.98. The van der Waals surface area contributed by atoms with Crippen LogP contribution in [0, 0.1) is 0 Å². The van der Waals surface area contributed by atoms with E-state index in [-0.39, 0.29) is 17.4 Å². The van der Waals surface area contributed by atoms with Crippen molar-refractivity contribution in [2.75, 3.05) is 0 Å². The number of ketones is 1. The van der Waals surface area contributed by atoms with Crippen molar-refractivity contribution in [3.63, 3.8) is 0 Å². The summed E-state index contributed by atoms with van der Waals surface area (Å²) in [5.74, 6) is -1.91. The zero-order valence-corrected chi connectivity index (χ0v) is 12.9. The van der Waals surface area contributed by atoms with Gasteiger partial charge in [0.05, 0.1) is 11.1 Å². The van der Waals surface area contributed by atoms with Crippen LogP contribution in [0.5, 0.6) is 5.75 Å². The highest BCUT2D eigenvalue weighted by Crippen LogP contribution is 2.36. The minimum Gasteiger partial charge on any atom is -0.425 e. The molecule has 0 bridgehead atoms. The van der Waals surface area contributed by atoms with Crippen LogP contribution in [-0.2, 0) is 4.79 Å². The predicted octanol–water partition coefficient (Wildman–Crippen LogP) is 3.19. The van der Waals surface area contributed by atoms with Crippen molar-refractivity contribution >= 4 is 28.6 Å². The van der Waals surface area contributed by atoms with Crippen LogP contribution in [0.1, 0.15) is 33.6 Å². The third-order valence-electron chi connectivity index (χ3n) is 4.25. The number of ether oxygens (including phenoxy) is 1. The van der Waals surface area contributed by atoms with Crippen LogP contribution in [0.4, 0.5) is 0 Å². The Labute approximate surface area is 137 Å². The van der Waals surface area contributed by atoms with Crippen molar-refractivity contribution in [1.29, 1.82) is 0 Å². The Balaban J connectivity index is 1.94. The topological polar surface area (TPSA) is 65.4 Å². The summed E-state index contributed by atoms with van der Waals surface area (Å²) in [5, 5.41) is 0.697. The normalized spacial score (nSPS) is 16.8. The van der Waals surface area contributed by atoms with Crippen LogP contribution in [0.2, 0.25) is 0 Å². The lowest BCUT2D eigenvalue weighted by molar-refractivity contribution is -0.135. The highest BCUT2D eigenvalue weighted by molar-refractivity contribution is 6.19. The summed E-state index contributed by atoms with van der Waals surface area (Å²) < 4.78 is 6.78. The van der Waals surface area contributed by atoms with Gasteiger partial charge >= 0.3 is 5.97 Å². The third-order valence-corrected chi connectivity index (χ3v) is 4.25. The van der Waals surface area contributed by atoms with E-state index in [4.69, 9.17) is 4.74 Å². The molecule has 0 amide bonds. The lowest BCUT2D eigenvalue weighted by Gasteiger charge is -2.21. The molecule has 0 fully saturated rings.